The second kappa shape index (κ2) is 10.8. The first kappa shape index (κ1) is 27.2. The zero-order valence-electron chi connectivity index (χ0n) is 25.9. The van der Waals surface area contributed by atoms with Gasteiger partial charge in [0.2, 0.25) is 0 Å². The molecular weight excluding hydrogens is 603 g/mol. The van der Waals surface area contributed by atoms with Gasteiger partial charge in [-0.1, -0.05) is 78.9 Å². The molecule has 2 aromatic heterocycles. The van der Waals surface area contributed by atoms with Crippen molar-refractivity contribution in [1.82, 2.24) is 9.97 Å². The van der Waals surface area contributed by atoms with Crippen LogP contribution >= 0.6 is 11.3 Å². The summed E-state index contributed by atoms with van der Waals surface area (Å²) in [6, 6.07) is 56.5. The highest BCUT2D eigenvalue weighted by Crippen LogP contribution is 2.44. The van der Waals surface area contributed by atoms with Gasteiger partial charge in [0.15, 0.2) is 0 Å². The van der Waals surface area contributed by atoms with E-state index >= 15 is 0 Å². The van der Waals surface area contributed by atoms with E-state index in [9.17, 15) is 0 Å². The Balaban J connectivity index is 1.28. The second-order valence-electron chi connectivity index (χ2n) is 12.2. The van der Waals surface area contributed by atoms with Crippen LogP contribution in [0.2, 0.25) is 0 Å². The molecule has 6 heteroatoms. The Kier molecular flexibility index (Phi) is 6.11. The minimum atomic E-state index is -0.000819. The minimum absolute atomic E-state index is 0.000819. The molecule has 2 aliphatic heterocycles. The number of rotatable bonds is 4. The Morgan fingerprint density at radius 3 is 1.75 bits per heavy atom. The van der Waals surface area contributed by atoms with Crippen LogP contribution in [0.25, 0.3) is 32.0 Å². The predicted molar refractivity (Wildman–Crippen MR) is 202 cm³/mol. The van der Waals surface area contributed by atoms with Crippen LogP contribution in [0, 0.1) is 0 Å². The van der Waals surface area contributed by atoms with Gasteiger partial charge in [0.1, 0.15) is 5.01 Å². The van der Waals surface area contributed by atoms with E-state index in [0.29, 0.717) is 0 Å². The van der Waals surface area contributed by atoms with Crippen LogP contribution in [0.15, 0.2) is 164 Å². The van der Waals surface area contributed by atoms with Crippen molar-refractivity contribution in [2.75, 3.05) is 9.80 Å². The summed E-state index contributed by atoms with van der Waals surface area (Å²) < 4.78 is 1.20. The van der Waals surface area contributed by atoms with Gasteiger partial charge < -0.3 is 9.80 Å². The molecule has 0 fully saturated rings. The zero-order valence-corrected chi connectivity index (χ0v) is 26.7. The van der Waals surface area contributed by atoms with E-state index < -0.39 is 0 Å². The first-order valence-electron chi connectivity index (χ1n) is 16.2. The molecule has 48 heavy (non-hydrogen) atoms. The molecule has 0 spiro atoms. The first-order valence-corrected chi connectivity index (χ1v) is 17.0. The SMILES string of the molecule is c1ccc(N2c3ccc(-c4ccccn4)cc3B3c4cc(-c5nc6ccccc6s5)ccc4N(c4ccccc4)c4cccc2c43)cc1. The number of para-hydroxylation sites is 3. The van der Waals surface area contributed by atoms with Gasteiger partial charge >= 0.3 is 0 Å². The van der Waals surface area contributed by atoms with Crippen LogP contribution in [0.4, 0.5) is 34.1 Å². The lowest BCUT2D eigenvalue weighted by molar-refractivity contribution is 1.25. The molecule has 4 nitrogen and oxygen atoms in total. The summed E-state index contributed by atoms with van der Waals surface area (Å²) in [4.78, 5) is 14.7. The maximum atomic E-state index is 5.07. The third-order valence-electron chi connectivity index (χ3n) is 9.52. The van der Waals surface area contributed by atoms with Gasteiger partial charge in [-0.3, -0.25) is 4.98 Å². The summed E-state index contributed by atoms with van der Waals surface area (Å²) in [6.07, 6.45) is 1.87. The quantitative estimate of drug-likeness (QED) is 0.182. The van der Waals surface area contributed by atoms with Crippen LogP contribution in [0.3, 0.4) is 0 Å². The third-order valence-corrected chi connectivity index (χ3v) is 10.6. The van der Waals surface area contributed by atoms with Gasteiger partial charge in [0.25, 0.3) is 6.71 Å². The Labute approximate surface area is 283 Å². The standard InChI is InChI=1S/C42H27BN4S/c1-3-12-30(13-4-1)46-36-23-21-28(34-16-9-10-25-44-34)26-32(36)43-33-27-29(42-45-35-17-7-8-20-40(35)48-42)22-24-37(33)47(31-14-5-2-6-15-31)39-19-11-18-38(46)41(39)43/h1-27H. The molecule has 0 amide bonds. The normalized spacial score (nSPS) is 12.9. The van der Waals surface area contributed by atoms with E-state index in [-0.39, 0.29) is 6.71 Å². The number of hydrogen-bond acceptors (Lipinski definition) is 5. The lowest BCUT2D eigenvalue weighted by atomic mass is 9.33. The minimum Gasteiger partial charge on any atom is -0.311 e. The van der Waals surface area contributed by atoms with Crippen LogP contribution < -0.4 is 26.2 Å². The van der Waals surface area contributed by atoms with Gasteiger partial charge in [-0.25, -0.2) is 4.98 Å². The fraction of sp³-hybridized carbons (Fsp3) is 0. The Morgan fingerprint density at radius 1 is 0.500 bits per heavy atom. The lowest BCUT2D eigenvalue weighted by Crippen LogP contribution is -2.61. The molecule has 8 aromatic rings. The smallest absolute Gasteiger partial charge is 0.252 e. The van der Waals surface area contributed by atoms with E-state index in [0.717, 1.165) is 38.7 Å². The van der Waals surface area contributed by atoms with Crippen molar-refractivity contribution in [1.29, 1.82) is 0 Å². The summed E-state index contributed by atoms with van der Waals surface area (Å²) in [6.45, 7) is -0.000819. The molecule has 0 N–H and O–H groups in total. The molecule has 0 saturated heterocycles. The summed E-state index contributed by atoms with van der Waals surface area (Å²) in [5.74, 6) is 0. The van der Waals surface area contributed by atoms with Crippen molar-refractivity contribution in [2.24, 2.45) is 0 Å². The topological polar surface area (TPSA) is 32.3 Å². The maximum absolute atomic E-state index is 5.07. The van der Waals surface area contributed by atoms with E-state index in [1.807, 2.05) is 12.3 Å². The molecule has 4 heterocycles. The number of nitrogens with zero attached hydrogens (tertiary/aromatic N) is 4. The third kappa shape index (κ3) is 4.16. The number of benzene rings is 6. The number of hydrogen-bond donors (Lipinski definition) is 0. The molecule has 6 aromatic carbocycles. The monoisotopic (exact) mass is 630 g/mol. The van der Waals surface area contributed by atoms with Crippen LogP contribution in [-0.4, -0.2) is 16.7 Å². The molecule has 0 aliphatic carbocycles. The van der Waals surface area contributed by atoms with E-state index in [1.165, 1.54) is 43.8 Å². The molecule has 10 rings (SSSR count). The first-order chi connectivity index (χ1) is 23.8. The van der Waals surface area contributed by atoms with Crippen LogP contribution in [-0.2, 0) is 0 Å². The van der Waals surface area contributed by atoms with Crippen molar-refractivity contribution < 1.29 is 0 Å². The number of thiazole rings is 1. The molecular formula is C42H27BN4S. The molecule has 224 valence electrons. The van der Waals surface area contributed by atoms with Gasteiger partial charge in [0.05, 0.1) is 15.9 Å². The van der Waals surface area contributed by atoms with Gasteiger partial charge in [-0.15, -0.1) is 11.3 Å². The van der Waals surface area contributed by atoms with Crippen molar-refractivity contribution in [2.45, 2.75) is 0 Å². The summed E-state index contributed by atoms with van der Waals surface area (Å²) in [7, 11) is 0. The molecule has 0 saturated carbocycles. The van der Waals surface area contributed by atoms with E-state index in [2.05, 4.69) is 161 Å². The average Bonchev–Trinajstić information content (AvgIpc) is 3.60. The summed E-state index contributed by atoms with van der Waals surface area (Å²) in [5.41, 5.74) is 15.1. The number of fused-ring (bicyclic) bond motifs is 5. The highest BCUT2D eigenvalue weighted by atomic mass is 32.1. The van der Waals surface area contributed by atoms with Crippen molar-refractivity contribution >= 4 is 78.8 Å². The molecule has 0 atom stereocenters. The van der Waals surface area contributed by atoms with Gasteiger partial charge in [-0.2, -0.15) is 0 Å². The molecule has 0 unspecified atom stereocenters. The van der Waals surface area contributed by atoms with E-state index in [1.54, 1.807) is 11.3 Å². The van der Waals surface area contributed by atoms with Gasteiger partial charge in [0, 0.05) is 45.9 Å². The summed E-state index contributed by atoms with van der Waals surface area (Å²) in [5, 5.41) is 1.04. The van der Waals surface area contributed by atoms with Crippen molar-refractivity contribution in [3.63, 3.8) is 0 Å². The number of pyridine rings is 1. The largest absolute Gasteiger partial charge is 0.311 e. The van der Waals surface area contributed by atoms with Crippen molar-refractivity contribution in [3.8, 4) is 21.8 Å². The van der Waals surface area contributed by atoms with Gasteiger partial charge in [-0.05, 0) is 101 Å². The fourth-order valence-electron chi connectivity index (χ4n) is 7.48. The Bertz CT molecular complexity index is 2430. The van der Waals surface area contributed by atoms with Crippen LogP contribution in [0.1, 0.15) is 0 Å². The summed E-state index contributed by atoms with van der Waals surface area (Å²) >= 11 is 1.75. The molecule has 0 bridgehead atoms. The zero-order chi connectivity index (χ0) is 31.6. The maximum Gasteiger partial charge on any atom is 0.252 e. The fourth-order valence-corrected chi connectivity index (χ4v) is 8.44. The highest BCUT2D eigenvalue weighted by molar-refractivity contribution is 7.21. The highest BCUT2D eigenvalue weighted by Gasteiger charge is 2.43. The molecule has 2 aliphatic rings. The van der Waals surface area contributed by atoms with E-state index in [4.69, 9.17) is 9.97 Å². The average molecular weight is 631 g/mol. The second-order valence-corrected chi connectivity index (χ2v) is 13.3. The van der Waals surface area contributed by atoms with Crippen molar-refractivity contribution in [3.05, 3.63) is 164 Å². The Morgan fingerprint density at radius 2 is 1.10 bits per heavy atom. The van der Waals surface area contributed by atoms with Crippen LogP contribution in [0.5, 0.6) is 0 Å². The number of anilines is 6. The lowest BCUT2D eigenvalue weighted by Gasteiger charge is -2.44. The Hall–Kier alpha value is -5.98. The molecule has 0 radical (unpaired) electrons. The number of aromatic nitrogens is 2. The predicted octanol–water partition coefficient (Wildman–Crippen LogP) is 9.11.